The highest BCUT2D eigenvalue weighted by molar-refractivity contribution is 7.89. The predicted octanol–water partition coefficient (Wildman–Crippen LogP) is 2.72. The van der Waals surface area contributed by atoms with E-state index in [1.54, 1.807) is 12.1 Å². The summed E-state index contributed by atoms with van der Waals surface area (Å²) >= 11 is 0. The molecule has 0 unspecified atom stereocenters. The minimum absolute atomic E-state index is 0.0193. The summed E-state index contributed by atoms with van der Waals surface area (Å²) in [6, 6.07) is 7.08. The molecule has 0 saturated carbocycles. The first kappa shape index (κ1) is 14.2. The van der Waals surface area contributed by atoms with E-state index in [-0.39, 0.29) is 6.04 Å². The van der Waals surface area contributed by atoms with Gasteiger partial charge in [-0.25, -0.2) is 13.1 Å². The van der Waals surface area contributed by atoms with Crippen molar-refractivity contribution in [2.45, 2.75) is 51.0 Å². The van der Waals surface area contributed by atoms with Crippen LogP contribution in [0.2, 0.25) is 0 Å². The number of benzene rings is 1. The van der Waals surface area contributed by atoms with Crippen molar-refractivity contribution in [2.75, 3.05) is 0 Å². The molecule has 1 N–H and O–H groups in total. The molecule has 0 aliphatic rings. The van der Waals surface area contributed by atoms with Crippen LogP contribution in [-0.4, -0.2) is 14.5 Å². The molecule has 0 radical (unpaired) electrons. The molecule has 1 rings (SSSR count). The van der Waals surface area contributed by atoms with Gasteiger partial charge in [-0.3, -0.25) is 0 Å². The second-order valence-electron chi connectivity index (χ2n) is 4.13. The van der Waals surface area contributed by atoms with E-state index >= 15 is 0 Å². The van der Waals surface area contributed by atoms with Crippen LogP contribution in [0.4, 0.5) is 0 Å². The lowest BCUT2D eigenvalue weighted by atomic mass is 10.2. The number of hydrogen-bond donors (Lipinski definition) is 1. The molecular formula is C13H21NO2S. The summed E-state index contributed by atoms with van der Waals surface area (Å²) in [5.74, 6) is 0. The lowest BCUT2D eigenvalue weighted by Crippen LogP contribution is -2.33. The summed E-state index contributed by atoms with van der Waals surface area (Å²) in [6.45, 7) is 6.01. The van der Waals surface area contributed by atoms with Crippen molar-refractivity contribution in [3.05, 3.63) is 29.8 Å². The number of aryl methyl sites for hydroxylation is 1. The fourth-order valence-corrected chi connectivity index (χ4v) is 3.05. The van der Waals surface area contributed by atoms with E-state index in [1.165, 1.54) is 0 Å². The summed E-state index contributed by atoms with van der Waals surface area (Å²) < 4.78 is 26.8. The summed E-state index contributed by atoms with van der Waals surface area (Å²) in [6.07, 6.45) is 2.53. The first-order chi connectivity index (χ1) is 8.03. The van der Waals surface area contributed by atoms with E-state index in [0.717, 1.165) is 24.8 Å². The SMILES string of the molecule is CCc1ccc(S(=O)(=O)NC(CC)CC)cc1. The summed E-state index contributed by atoms with van der Waals surface area (Å²) in [7, 11) is -3.36. The van der Waals surface area contributed by atoms with Crippen LogP contribution >= 0.6 is 0 Å². The zero-order valence-electron chi connectivity index (χ0n) is 10.7. The van der Waals surface area contributed by atoms with Gasteiger partial charge in [-0.05, 0) is 37.0 Å². The van der Waals surface area contributed by atoms with Gasteiger partial charge >= 0.3 is 0 Å². The second-order valence-corrected chi connectivity index (χ2v) is 5.85. The van der Waals surface area contributed by atoms with Crippen LogP contribution in [0.1, 0.15) is 39.2 Å². The van der Waals surface area contributed by atoms with Crippen LogP contribution in [-0.2, 0) is 16.4 Å². The Hall–Kier alpha value is -0.870. The first-order valence-corrected chi connectivity index (χ1v) is 7.63. The zero-order valence-corrected chi connectivity index (χ0v) is 11.5. The van der Waals surface area contributed by atoms with Gasteiger partial charge in [0.2, 0.25) is 10.0 Å². The monoisotopic (exact) mass is 255 g/mol. The topological polar surface area (TPSA) is 46.2 Å². The summed E-state index contributed by atoms with van der Waals surface area (Å²) in [5, 5.41) is 0. The summed E-state index contributed by atoms with van der Waals surface area (Å²) in [4.78, 5) is 0.349. The molecule has 1 aromatic rings. The molecule has 0 heterocycles. The van der Waals surface area contributed by atoms with Crippen molar-refractivity contribution in [3.63, 3.8) is 0 Å². The molecule has 0 bridgehead atoms. The Morgan fingerprint density at radius 1 is 1.06 bits per heavy atom. The van der Waals surface area contributed by atoms with Crippen LogP contribution in [0.5, 0.6) is 0 Å². The largest absolute Gasteiger partial charge is 0.240 e. The standard InChI is InChI=1S/C13H21NO2S/c1-4-11-7-9-13(10-8-11)17(15,16)14-12(5-2)6-3/h7-10,12,14H,4-6H2,1-3H3. The Kier molecular flexibility index (Phi) is 5.15. The molecule has 0 fully saturated rings. The molecule has 0 spiro atoms. The van der Waals surface area contributed by atoms with Crippen LogP contribution in [0.3, 0.4) is 0 Å². The fraction of sp³-hybridized carbons (Fsp3) is 0.538. The summed E-state index contributed by atoms with van der Waals surface area (Å²) in [5.41, 5.74) is 1.14. The maximum atomic E-state index is 12.0. The van der Waals surface area contributed by atoms with Crippen LogP contribution in [0.25, 0.3) is 0 Å². The number of hydrogen-bond acceptors (Lipinski definition) is 2. The molecule has 0 saturated heterocycles. The van der Waals surface area contributed by atoms with E-state index in [9.17, 15) is 8.42 Å². The Morgan fingerprint density at radius 3 is 2.00 bits per heavy atom. The number of nitrogens with one attached hydrogen (secondary N) is 1. The highest BCUT2D eigenvalue weighted by Crippen LogP contribution is 2.12. The molecule has 96 valence electrons. The molecular weight excluding hydrogens is 234 g/mol. The number of rotatable bonds is 6. The van der Waals surface area contributed by atoms with Gasteiger partial charge in [0.1, 0.15) is 0 Å². The molecule has 4 heteroatoms. The van der Waals surface area contributed by atoms with Crippen molar-refractivity contribution < 1.29 is 8.42 Å². The normalized spacial score (nSPS) is 12.0. The molecule has 0 atom stereocenters. The second kappa shape index (κ2) is 6.17. The maximum Gasteiger partial charge on any atom is 0.240 e. The maximum absolute atomic E-state index is 12.0. The molecule has 3 nitrogen and oxygen atoms in total. The minimum atomic E-state index is -3.36. The van der Waals surface area contributed by atoms with Crippen molar-refractivity contribution >= 4 is 10.0 Å². The van der Waals surface area contributed by atoms with Crippen molar-refractivity contribution in [1.29, 1.82) is 0 Å². The average Bonchev–Trinajstić information content (AvgIpc) is 2.36. The number of sulfonamides is 1. The van der Waals surface area contributed by atoms with Gasteiger partial charge in [-0.2, -0.15) is 0 Å². The molecule has 0 aliphatic carbocycles. The van der Waals surface area contributed by atoms with Crippen molar-refractivity contribution in [2.24, 2.45) is 0 Å². The quantitative estimate of drug-likeness (QED) is 0.849. The fourth-order valence-electron chi connectivity index (χ4n) is 1.65. The molecule has 0 aromatic heterocycles. The Morgan fingerprint density at radius 2 is 1.59 bits per heavy atom. The third-order valence-corrected chi connectivity index (χ3v) is 4.49. The van der Waals surface area contributed by atoms with Crippen LogP contribution < -0.4 is 4.72 Å². The van der Waals surface area contributed by atoms with E-state index in [4.69, 9.17) is 0 Å². The van der Waals surface area contributed by atoms with Gasteiger partial charge in [0.05, 0.1) is 4.90 Å². The van der Waals surface area contributed by atoms with E-state index in [1.807, 2.05) is 32.9 Å². The third kappa shape index (κ3) is 3.82. The third-order valence-electron chi connectivity index (χ3n) is 2.95. The van der Waals surface area contributed by atoms with Gasteiger partial charge in [-0.1, -0.05) is 32.9 Å². The lowest BCUT2D eigenvalue weighted by Gasteiger charge is -2.15. The minimum Gasteiger partial charge on any atom is -0.208 e. The highest BCUT2D eigenvalue weighted by Gasteiger charge is 2.17. The van der Waals surface area contributed by atoms with Crippen LogP contribution in [0, 0.1) is 0 Å². The predicted molar refractivity (Wildman–Crippen MR) is 70.5 cm³/mol. The van der Waals surface area contributed by atoms with E-state index < -0.39 is 10.0 Å². The Balaban J connectivity index is 2.89. The van der Waals surface area contributed by atoms with Crippen LogP contribution in [0.15, 0.2) is 29.2 Å². The van der Waals surface area contributed by atoms with Gasteiger partial charge in [0.15, 0.2) is 0 Å². The van der Waals surface area contributed by atoms with Gasteiger partial charge in [-0.15, -0.1) is 0 Å². The first-order valence-electron chi connectivity index (χ1n) is 6.14. The molecule has 0 aliphatic heterocycles. The molecule has 17 heavy (non-hydrogen) atoms. The van der Waals surface area contributed by atoms with Gasteiger partial charge in [0.25, 0.3) is 0 Å². The van der Waals surface area contributed by atoms with Gasteiger partial charge in [0, 0.05) is 6.04 Å². The highest BCUT2D eigenvalue weighted by atomic mass is 32.2. The Labute approximate surface area is 104 Å². The van der Waals surface area contributed by atoms with Gasteiger partial charge < -0.3 is 0 Å². The molecule has 0 amide bonds. The van der Waals surface area contributed by atoms with E-state index in [2.05, 4.69) is 4.72 Å². The average molecular weight is 255 g/mol. The van der Waals surface area contributed by atoms with E-state index in [0.29, 0.717) is 4.90 Å². The van der Waals surface area contributed by atoms with Crippen molar-refractivity contribution in [3.8, 4) is 0 Å². The lowest BCUT2D eigenvalue weighted by molar-refractivity contribution is 0.530. The van der Waals surface area contributed by atoms with Crippen molar-refractivity contribution in [1.82, 2.24) is 4.72 Å². The zero-order chi connectivity index (χ0) is 12.9. The smallest absolute Gasteiger partial charge is 0.208 e. The molecule has 1 aromatic carbocycles. The Bertz CT molecular complexity index is 433.